The van der Waals surface area contributed by atoms with Crippen LogP contribution in [0.15, 0.2) is 24.3 Å². The third kappa shape index (κ3) is 2.78. The van der Waals surface area contributed by atoms with Gasteiger partial charge in [-0.15, -0.1) is 0 Å². The van der Waals surface area contributed by atoms with Crippen molar-refractivity contribution in [3.63, 3.8) is 0 Å². The fourth-order valence-electron chi connectivity index (χ4n) is 2.56. The molecule has 4 heteroatoms. The smallest absolute Gasteiger partial charge is 0.315 e. The monoisotopic (exact) mass is 261 g/mol. The molecular formula is C15H19NO3. The third-order valence-electron chi connectivity index (χ3n) is 3.87. The van der Waals surface area contributed by atoms with Crippen LogP contribution in [0.25, 0.3) is 0 Å². The van der Waals surface area contributed by atoms with Crippen LogP contribution in [0.2, 0.25) is 0 Å². The lowest BCUT2D eigenvalue weighted by molar-refractivity contribution is -0.146. The summed E-state index contributed by atoms with van der Waals surface area (Å²) in [7, 11) is 0. The van der Waals surface area contributed by atoms with Crippen LogP contribution in [0.3, 0.4) is 0 Å². The maximum absolute atomic E-state index is 11.9. The second kappa shape index (κ2) is 5.43. The molecule has 0 bridgehead atoms. The van der Waals surface area contributed by atoms with Gasteiger partial charge in [0.25, 0.3) is 0 Å². The van der Waals surface area contributed by atoms with E-state index in [4.69, 9.17) is 5.11 Å². The Labute approximate surface area is 112 Å². The predicted octanol–water partition coefficient (Wildman–Crippen LogP) is 2.46. The summed E-state index contributed by atoms with van der Waals surface area (Å²) in [6, 6.07) is 7.98. The molecule has 3 atom stereocenters. The van der Waals surface area contributed by atoms with Crippen LogP contribution in [0.4, 0.5) is 0 Å². The van der Waals surface area contributed by atoms with Crippen LogP contribution in [-0.4, -0.2) is 17.0 Å². The Hall–Kier alpha value is -1.84. The van der Waals surface area contributed by atoms with Crippen molar-refractivity contribution in [2.75, 3.05) is 0 Å². The van der Waals surface area contributed by atoms with Gasteiger partial charge in [-0.2, -0.15) is 0 Å². The van der Waals surface area contributed by atoms with Gasteiger partial charge in [-0.25, -0.2) is 0 Å². The number of fused-ring (bicyclic) bond motifs is 1. The molecule has 19 heavy (non-hydrogen) atoms. The fraction of sp³-hybridized carbons (Fsp3) is 0.467. The van der Waals surface area contributed by atoms with Gasteiger partial charge in [0.1, 0.15) is 5.92 Å². The molecule has 1 amide bonds. The second-order valence-electron chi connectivity index (χ2n) is 5.23. The summed E-state index contributed by atoms with van der Waals surface area (Å²) in [5.41, 5.74) is 2.37. The Kier molecular flexibility index (Phi) is 3.88. The molecule has 1 aromatic carbocycles. The minimum absolute atomic E-state index is 0.0679. The summed E-state index contributed by atoms with van der Waals surface area (Å²) >= 11 is 0. The summed E-state index contributed by atoms with van der Waals surface area (Å²) in [5.74, 6) is -2.02. The minimum Gasteiger partial charge on any atom is -0.481 e. The first kappa shape index (κ1) is 13.6. The fourth-order valence-corrected chi connectivity index (χ4v) is 2.56. The zero-order valence-electron chi connectivity index (χ0n) is 11.2. The number of benzene rings is 1. The molecule has 0 fully saturated rings. The van der Waals surface area contributed by atoms with Crippen LogP contribution < -0.4 is 5.32 Å². The number of carbonyl (C=O) groups is 2. The summed E-state index contributed by atoms with van der Waals surface area (Å²) < 4.78 is 0. The summed E-state index contributed by atoms with van der Waals surface area (Å²) in [6.45, 7) is 3.59. The quantitative estimate of drug-likeness (QED) is 0.821. The van der Waals surface area contributed by atoms with Gasteiger partial charge < -0.3 is 10.4 Å². The standard InChI is InChI=1S/C15H19NO3/c1-9-7-8-13(12-6-4-3-5-11(9)12)16-14(17)10(2)15(18)19/h3-6,9-10,13H,7-8H2,1-2H3,(H,16,17)(H,18,19). The SMILES string of the molecule is CC(C(=O)O)C(=O)NC1CCC(C)c2ccccc21. The highest BCUT2D eigenvalue weighted by Gasteiger charge is 2.28. The van der Waals surface area contributed by atoms with Crippen molar-refractivity contribution in [1.29, 1.82) is 0 Å². The van der Waals surface area contributed by atoms with Crippen molar-refractivity contribution < 1.29 is 14.7 Å². The van der Waals surface area contributed by atoms with Crippen molar-refractivity contribution in [2.24, 2.45) is 5.92 Å². The molecule has 4 nitrogen and oxygen atoms in total. The second-order valence-corrected chi connectivity index (χ2v) is 5.23. The van der Waals surface area contributed by atoms with Crippen molar-refractivity contribution in [3.05, 3.63) is 35.4 Å². The van der Waals surface area contributed by atoms with Crippen molar-refractivity contribution in [3.8, 4) is 0 Å². The molecule has 1 aliphatic carbocycles. The Balaban J connectivity index is 2.17. The third-order valence-corrected chi connectivity index (χ3v) is 3.87. The van der Waals surface area contributed by atoms with Crippen LogP contribution in [-0.2, 0) is 9.59 Å². The molecular weight excluding hydrogens is 242 g/mol. The normalized spacial score (nSPS) is 23.3. The summed E-state index contributed by atoms with van der Waals surface area (Å²) in [6.07, 6.45) is 1.86. The predicted molar refractivity (Wildman–Crippen MR) is 71.8 cm³/mol. The Morgan fingerprint density at radius 2 is 1.89 bits per heavy atom. The number of nitrogens with one attached hydrogen (secondary N) is 1. The molecule has 2 N–H and O–H groups in total. The van der Waals surface area contributed by atoms with Gasteiger partial charge >= 0.3 is 5.97 Å². The zero-order valence-corrected chi connectivity index (χ0v) is 11.2. The molecule has 0 aromatic heterocycles. The molecule has 0 heterocycles. The van der Waals surface area contributed by atoms with Gasteiger partial charge in [-0.1, -0.05) is 31.2 Å². The first-order valence-corrected chi connectivity index (χ1v) is 6.62. The number of hydrogen-bond acceptors (Lipinski definition) is 2. The maximum atomic E-state index is 11.9. The zero-order chi connectivity index (χ0) is 14.0. The lowest BCUT2D eigenvalue weighted by atomic mass is 9.81. The molecule has 3 unspecified atom stereocenters. The van der Waals surface area contributed by atoms with Gasteiger partial charge in [-0.05, 0) is 36.8 Å². The van der Waals surface area contributed by atoms with E-state index in [1.165, 1.54) is 12.5 Å². The molecule has 2 rings (SSSR count). The van der Waals surface area contributed by atoms with E-state index in [0.717, 1.165) is 18.4 Å². The Morgan fingerprint density at radius 1 is 1.26 bits per heavy atom. The first-order chi connectivity index (χ1) is 9.00. The first-order valence-electron chi connectivity index (χ1n) is 6.62. The molecule has 1 aliphatic rings. The summed E-state index contributed by atoms with van der Waals surface area (Å²) in [4.78, 5) is 22.7. The average Bonchev–Trinajstić information content (AvgIpc) is 2.41. The molecule has 102 valence electrons. The molecule has 1 aromatic rings. The lowest BCUT2D eigenvalue weighted by Crippen LogP contribution is -2.37. The molecule has 0 saturated carbocycles. The van der Waals surface area contributed by atoms with Crippen LogP contribution in [0.1, 0.15) is 49.8 Å². The van der Waals surface area contributed by atoms with Crippen LogP contribution in [0.5, 0.6) is 0 Å². The van der Waals surface area contributed by atoms with Gasteiger partial charge in [0, 0.05) is 0 Å². The highest BCUT2D eigenvalue weighted by molar-refractivity contribution is 5.96. The highest BCUT2D eigenvalue weighted by atomic mass is 16.4. The number of carboxylic acids is 1. The Bertz CT molecular complexity index is 498. The number of amides is 1. The Morgan fingerprint density at radius 3 is 2.53 bits per heavy atom. The molecule has 0 aliphatic heterocycles. The van der Waals surface area contributed by atoms with E-state index in [0.29, 0.717) is 5.92 Å². The topological polar surface area (TPSA) is 66.4 Å². The van der Waals surface area contributed by atoms with Crippen molar-refractivity contribution in [1.82, 2.24) is 5.32 Å². The maximum Gasteiger partial charge on any atom is 0.315 e. The number of carboxylic acid groups (broad SMARTS) is 1. The molecule has 0 saturated heterocycles. The van der Waals surface area contributed by atoms with Gasteiger partial charge in [-0.3, -0.25) is 9.59 Å². The molecule has 0 radical (unpaired) electrons. The number of rotatable bonds is 3. The van der Waals surface area contributed by atoms with E-state index in [1.807, 2.05) is 18.2 Å². The number of hydrogen-bond donors (Lipinski definition) is 2. The van der Waals surface area contributed by atoms with E-state index >= 15 is 0 Å². The summed E-state index contributed by atoms with van der Waals surface area (Å²) in [5, 5.41) is 11.7. The molecule has 0 spiro atoms. The van der Waals surface area contributed by atoms with Gasteiger partial charge in [0.05, 0.1) is 6.04 Å². The van der Waals surface area contributed by atoms with Crippen LogP contribution in [0, 0.1) is 5.92 Å². The van der Waals surface area contributed by atoms with E-state index in [-0.39, 0.29) is 6.04 Å². The number of carbonyl (C=O) groups excluding carboxylic acids is 1. The van der Waals surface area contributed by atoms with E-state index in [9.17, 15) is 9.59 Å². The van der Waals surface area contributed by atoms with Gasteiger partial charge in [0.2, 0.25) is 5.91 Å². The van der Waals surface area contributed by atoms with Crippen molar-refractivity contribution >= 4 is 11.9 Å². The average molecular weight is 261 g/mol. The minimum atomic E-state index is -1.09. The van der Waals surface area contributed by atoms with Crippen LogP contribution >= 0.6 is 0 Å². The van der Waals surface area contributed by atoms with Crippen molar-refractivity contribution in [2.45, 2.75) is 38.6 Å². The van der Waals surface area contributed by atoms with E-state index < -0.39 is 17.8 Å². The highest BCUT2D eigenvalue weighted by Crippen LogP contribution is 2.36. The number of aliphatic carboxylic acids is 1. The van der Waals surface area contributed by atoms with Gasteiger partial charge in [0.15, 0.2) is 0 Å². The largest absolute Gasteiger partial charge is 0.481 e. The van der Waals surface area contributed by atoms with E-state index in [1.54, 1.807) is 0 Å². The lowest BCUT2D eigenvalue weighted by Gasteiger charge is -2.30. The van der Waals surface area contributed by atoms with E-state index in [2.05, 4.69) is 18.3 Å².